The molecule has 1 aromatic rings. The highest BCUT2D eigenvalue weighted by atomic mass is 32.1. The van der Waals surface area contributed by atoms with E-state index in [9.17, 15) is 0 Å². The molecule has 1 aromatic carbocycles. The van der Waals surface area contributed by atoms with Crippen molar-refractivity contribution in [3.63, 3.8) is 0 Å². The minimum Gasteiger partial charge on any atom is -0.359 e. The predicted molar refractivity (Wildman–Crippen MR) is 103 cm³/mol. The number of hydrogen-bond acceptors (Lipinski definition) is 1. The van der Waals surface area contributed by atoms with E-state index in [4.69, 9.17) is 12.2 Å². The lowest BCUT2D eigenvalue weighted by molar-refractivity contribution is 0.808. The Morgan fingerprint density at radius 2 is 1.55 bits per heavy atom. The van der Waals surface area contributed by atoms with Crippen LogP contribution in [0.3, 0.4) is 0 Å². The Kier molecular flexibility index (Phi) is 7.08. The second kappa shape index (κ2) is 8.33. The average Bonchev–Trinajstić information content (AvgIpc) is 2.44. The summed E-state index contributed by atoms with van der Waals surface area (Å²) >= 11 is 5.41. The lowest BCUT2D eigenvalue weighted by Gasteiger charge is -2.24. The van der Waals surface area contributed by atoms with Crippen molar-refractivity contribution in [2.24, 2.45) is 0 Å². The van der Waals surface area contributed by atoms with Gasteiger partial charge < -0.3 is 10.6 Å². The van der Waals surface area contributed by atoms with Crippen LogP contribution in [0.5, 0.6) is 0 Å². The van der Waals surface area contributed by atoms with Crippen molar-refractivity contribution in [3.05, 3.63) is 41.5 Å². The van der Waals surface area contributed by atoms with Gasteiger partial charge in [-0.1, -0.05) is 59.8 Å². The summed E-state index contributed by atoms with van der Waals surface area (Å²) in [4.78, 5) is 0. The highest BCUT2D eigenvalue weighted by molar-refractivity contribution is 7.80. The van der Waals surface area contributed by atoms with E-state index in [0.29, 0.717) is 29.4 Å². The molecule has 0 radical (unpaired) electrons. The number of benzene rings is 1. The summed E-state index contributed by atoms with van der Waals surface area (Å²) in [6.07, 6.45) is 1.81. The van der Waals surface area contributed by atoms with E-state index in [2.05, 4.69) is 70.9 Å². The monoisotopic (exact) mass is 318 g/mol. The minimum atomic E-state index is 0.445. The average molecular weight is 319 g/mol. The Bertz CT molecular complexity index is 501. The molecule has 0 aliphatic heterocycles. The number of rotatable bonds is 6. The van der Waals surface area contributed by atoms with Gasteiger partial charge in [0.2, 0.25) is 0 Å². The Morgan fingerprint density at radius 1 is 1.05 bits per heavy atom. The summed E-state index contributed by atoms with van der Waals surface area (Å²) < 4.78 is 0. The highest BCUT2D eigenvalue weighted by Gasteiger charge is 2.17. The van der Waals surface area contributed by atoms with Gasteiger partial charge in [0.15, 0.2) is 5.11 Å². The molecule has 0 saturated carbocycles. The highest BCUT2D eigenvalue weighted by Crippen LogP contribution is 2.35. The standard InChI is InChI=1S/C19H30N2S/c1-8-9-20-19(22)21-18-16(13(4)5)10-15(12(2)3)11-17(18)14(6)7/h8,10-14H,1,9H2,2-7H3,(H2,20,21,22). The molecule has 2 N–H and O–H groups in total. The van der Waals surface area contributed by atoms with Crippen LogP contribution in [-0.4, -0.2) is 11.7 Å². The molecule has 0 bridgehead atoms. The first-order chi connectivity index (χ1) is 10.3. The third kappa shape index (κ3) is 4.84. The van der Waals surface area contributed by atoms with Crippen LogP contribution in [-0.2, 0) is 0 Å². The molecule has 1 rings (SSSR count). The predicted octanol–water partition coefficient (Wildman–Crippen LogP) is 5.53. The number of hydrogen-bond donors (Lipinski definition) is 2. The van der Waals surface area contributed by atoms with Crippen molar-refractivity contribution < 1.29 is 0 Å². The second-order valence-electron chi connectivity index (χ2n) is 6.66. The summed E-state index contributed by atoms with van der Waals surface area (Å²) in [7, 11) is 0. The maximum atomic E-state index is 5.41. The van der Waals surface area contributed by atoms with Gasteiger partial charge in [-0.2, -0.15) is 0 Å². The van der Waals surface area contributed by atoms with Gasteiger partial charge in [0, 0.05) is 12.2 Å². The first-order valence-corrected chi connectivity index (χ1v) is 8.52. The van der Waals surface area contributed by atoms with Gasteiger partial charge in [0.25, 0.3) is 0 Å². The van der Waals surface area contributed by atoms with Crippen LogP contribution in [0.4, 0.5) is 5.69 Å². The van der Waals surface area contributed by atoms with Gasteiger partial charge in [0.05, 0.1) is 0 Å². The largest absolute Gasteiger partial charge is 0.359 e. The van der Waals surface area contributed by atoms with E-state index in [0.717, 1.165) is 5.69 Å². The van der Waals surface area contributed by atoms with Crippen LogP contribution in [0.2, 0.25) is 0 Å². The van der Waals surface area contributed by atoms with E-state index < -0.39 is 0 Å². The fourth-order valence-corrected chi connectivity index (χ4v) is 2.61. The van der Waals surface area contributed by atoms with Crippen molar-refractivity contribution in [2.45, 2.75) is 59.3 Å². The Labute approximate surface area is 141 Å². The summed E-state index contributed by atoms with van der Waals surface area (Å²) in [6.45, 7) is 17.8. The normalized spacial score (nSPS) is 11.1. The van der Waals surface area contributed by atoms with Gasteiger partial charge in [-0.25, -0.2) is 0 Å². The van der Waals surface area contributed by atoms with Crippen LogP contribution in [0.15, 0.2) is 24.8 Å². The quantitative estimate of drug-likeness (QED) is 0.533. The second-order valence-corrected chi connectivity index (χ2v) is 7.07. The zero-order valence-corrected chi connectivity index (χ0v) is 15.6. The first kappa shape index (κ1) is 18.7. The maximum Gasteiger partial charge on any atom is 0.171 e. The van der Waals surface area contributed by atoms with Crippen molar-refractivity contribution in [1.29, 1.82) is 0 Å². The molecule has 0 amide bonds. The summed E-state index contributed by atoms with van der Waals surface area (Å²) in [5, 5.41) is 7.22. The molecule has 0 unspecified atom stereocenters. The van der Waals surface area contributed by atoms with E-state index >= 15 is 0 Å². The molecule has 2 nitrogen and oxygen atoms in total. The molecule has 0 saturated heterocycles. The van der Waals surface area contributed by atoms with E-state index in [-0.39, 0.29) is 0 Å². The van der Waals surface area contributed by atoms with Gasteiger partial charge in [0.1, 0.15) is 0 Å². The van der Waals surface area contributed by atoms with Crippen LogP contribution in [0.1, 0.15) is 76.0 Å². The smallest absolute Gasteiger partial charge is 0.171 e. The third-order valence-electron chi connectivity index (χ3n) is 3.78. The van der Waals surface area contributed by atoms with Gasteiger partial charge in [-0.15, -0.1) is 6.58 Å². The van der Waals surface area contributed by atoms with Gasteiger partial charge in [-0.3, -0.25) is 0 Å². The van der Waals surface area contributed by atoms with Crippen molar-refractivity contribution in [2.75, 3.05) is 11.9 Å². The third-order valence-corrected chi connectivity index (χ3v) is 4.02. The van der Waals surface area contributed by atoms with E-state index in [1.807, 2.05) is 6.08 Å². The van der Waals surface area contributed by atoms with Gasteiger partial charge in [-0.05, 0) is 46.7 Å². The molecule has 3 heteroatoms. The van der Waals surface area contributed by atoms with E-state index in [1.54, 1.807) is 0 Å². The lowest BCUT2D eigenvalue weighted by Crippen LogP contribution is -2.29. The number of anilines is 1. The molecule has 0 atom stereocenters. The molecule has 0 aromatic heterocycles. The molecule has 0 aliphatic rings. The molecule has 0 aliphatic carbocycles. The van der Waals surface area contributed by atoms with Crippen LogP contribution >= 0.6 is 12.2 Å². The molecule has 0 spiro atoms. The van der Waals surface area contributed by atoms with Crippen LogP contribution < -0.4 is 10.6 Å². The van der Waals surface area contributed by atoms with Crippen molar-refractivity contribution >= 4 is 23.0 Å². The molecule has 0 fully saturated rings. The summed E-state index contributed by atoms with van der Waals surface area (Å²) in [5.41, 5.74) is 5.22. The first-order valence-electron chi connectivity index (χ1n) is 8.11. The Hall–Kier alpha value is -1.35. The SMILES string of the molecule is C=CCNC(=S)Nc1c(C(C)C)cc(C(C)C)cc1C(C)C. The fourth-order valence-electron chi connectivity index (χ4n) is 2.42. The number of nitrogens with one attached hydrogen (secondary N) is 2. The fraction of sp³-hybridized carbons (Fsp3) is 0.526. The zero-order chi connectivity index (χ0) is 16.9. The Morgan fingerprint density at radius 3 is 1.91 bits per heavy atom. The molecular formula is C19H30N2S. The van der Waals surface area contributed by atoms with E-state index in [1.165, 1.54) is 16.7 Å². The lowest BCUT2D eigenvalue weighted by atomic mass is 9.87. The summed E-state index contributed by atoms with van der Waals surface area (Å²) in [6, 6.07) is 4.64. The van der Waals surface area contributed by atoms with Crippen molar-refractivity contribution in [3.8, 4) is 0 Å². The number of thiocarbonyl (C=S) groups is 1. The van der Waals surface area contributed by atoms with Crippen molar-refractivity contribution in [1.82, 2.24) is 5.32 Å². The van der Waals surface area contributed by atoms with Gasteiger partial charge >= 0.3 is 0 Å². The Balaban J connectivity index is 3.32. The topological polar surface area (TPSA) is 24.1 Å². The molecule has 0 heterocycles. The maximum absolute atomic E-state index is 5.41. The minimum absolute atomic E-state index is 0.445. The zero-order valence-electron chi connectivity index (χ0n) is 14.8. The summed E-state index contributed by atoms with van der Waals surface area (Å²) in [5.74, 6) is 1.41. The molecule has 122 valence electrons. The van der Waals surface area contributed by atoms with Crippen LogP contribution in [0.25, 0.3) is 0 Å². The molecule has 22 heavy (non-hydrogen) atoms. The van der Waals surface area contributed by atoms with Crippen LogP contribution in [0, 0.1) is 0 Å². The molecular weight excluding hydrogens is 288 g/mol.